The van der Waals surface area contributed by atoms with E-state index in [1.807, 2.05) is 32.9 Å². The van der Waals surface area contributed by atoms with Gasteiger partial charge in [0.15, 0.2) is 0 Å². The summed E-state index contributed by atoms with van der Waals surface area (Å²) in [5.74, 6) is -1.69. The maximum Gasteiger partial charge on any atom is 0.270 e. The van der Waals surface area contributed by atoms with Crippen molar-refractivity contribution in [3.05, 3.63) is 63.6 Å². The van der Waals surface area contributed by atoms with Crippen LogP contribution in [0.4, 0.5) is 4.39 Å². The molecular formula is C24H25ClFN3O2. The van der Waals surface area contributed by atoms with Gasteiger partial charge in [-0.3, -0.25) is 9.59 Å². The van der Waals surface area contributed by atoms with E-state index in [0.717, 1.165) is 17.5 Å². The van der Waals surface area contributed by atoms with Crippen LogP contribution in [0.25, 0.3) is 22.0 Å². The Bertz CT molecular complexity index is 1180. The summed E-state index contributed by atoms with van der Waals surface area (Å²) in [4.78, 5) is 30.3. The van der Waals surface area contributed by atoms with E-state index in [1.54, 1.807) is 0 Å². The number of carbonyl (C=O) groups is 2. The van der Waals surface area contributed by atoms with Crippen LogP contribution in [0, 0.1) is 5.82 Å². The van der Waals surface area contributed by atoms with Crippen LogP contribution in [-0.2, 0) is 12.8 Å². The molecule has 162 valence electrons. The Hall–Kier alpha value is -2.99. The van der Waals surface area contributed by atoms with Gasteiger partial charge in [-0.05, 0) is 54.2 Å². The van der Waals surface area contributed by atoms with Crippen LogP contribution in [0.15, 0.2) is 30.3 Å². The van der Waals surface area contributed by atoms with E-state index < -0.39 is 17.6 Å². The van der Waals surface area contributed by atoms with E-state index in [-0.39, 0.29) is 16.8 Å². The van der Waals surface area contributed by atoms with Crippen molar-refractivity contribution in [2.24, 2.45) is 5.73 Å². The maximum absolute atomic E-state index is 13.9. The molecule has 7 heteroatoms. The highest BCUT2D eigenvalue weighted by molar-refractivity contribution is 6.32. The molecule has 0 radical (unpaired) electrons. The molecule has 3 aromatic rings. The van der Waals surface area contributed by atoms with Crippen LogP contribution in [0.3, 0.4) is 0 Å². The number of benzene rings is 2. The molecule has 0 bridgehead atoms. The fourth-order valence-corrected chi connectivity index (χ4v) is 4.14. The fourth-order valence-electron chi connectivity index (χ4n) is 3.85. The van der Waals surface area contributed by atoms with E-state index in [4.69, 9.17) is 17.3 Å². The van der Waals surface area contributed by atoms with Crippen molar-refractivity contribution >= 4 is 34.3 Å². The molecule has 31 heavy (non-hydrogen) atoms. The molecule has 0 atom stereocenters. The Balaban J connectivity index is 2.54. The predicted octanol–water partition coefficient (Wildman–Crippen LogP) is 5.06. The molecule has 3 N–H and O–H groups in total. The quantitative estimate of drug-likeness (QED) is 0.537. The molecule has 0 saturated heterocycles. The number of hydrogen-bond donors (Lipinski definition) is 2. The number of amides is 2. The van der Waals surface area contributed by atoms with E-state index in [2.05, 4.69) is 10.3 Å². The van der Waals surface area contributed by atoms with Gasteiger partial charge in [-0.25, -0.2) is 9.37 Å². The minimum Gasteiger partial charge on any atom is -0.366 e. The van der Waals surface area contributed by atoms with Gasteiger partial charge in [0.05, 0.1) is 11.1 Å². The Morgan fingerprint density at radius 1 is 1.10 bits per heavy atom. The summed E-state index contributed by atoms with van der Waals surface area (Å²) in [5, 5.41) is 3.73. The lowest BCUT2D eigenvalue weighted by Crippen LogP contribution is -2.27. The number of halogens is 2. The highest BCUT2D eigenvalue weighted by Gasteiger charge is 2.27. The topological polar surface area (TPSA) is 85.1 Å². The van der Waals surface area contributed by atoms with Gasteiger partial charge in [0.2, 0.25) is 5.91 Å². The molecule has 3 rings (SSSR count). The summed E-state index contributed by atoms with van der Waals surface area (Å²) in [6, 6.07) is 7.60. The van der Waals surface area contributed by atoms with Crippen LogP contribution in [-0.4, -0.2) is 23.3 Å². The number of aryl methyl sites for hydroxylation is 1. The van der Waals surface area contributed by atoms with Gasteiger partial charge in [-0.2, -0.15) is 0 Å². The summed E-state index contributed by atoms with van der Waals surface area (Å²) in [5.41, 5.74) is 8.93. The standard InChI is InChI=1S/C24H25ClFN3O2/c1-4-11-28-24(31)22-21(19-13(5-2)7-10-17(25)15(19)6-3)20(23(27)30)16-9-8-14(26)12-18(16)29-22/h7-10,12H,4-6,11H2,1-3H3,(H2,27,30)(H,28,31). The summed E-state index contributed by atoms with van der Waals surface area (Å²) >= 11 is 6.51. The van der Waals surface area contributed by atoms with Crippen LogP contribution < -0.4 is 11.1 Å². The van der Waals surface area contributed by atoms with Gasteiger partial charge in [-0.15, -0.1) is 0 Å². The number of nitrogens with zero attached hydrogens (tertiary/aromatic N) is 1. The molecule has 1 heterocycles. The van der Waals surface area contributed by atoms with Crippen molar-refractivity contribution in [1.82, 2.24) is 10.3 Å². The lowest BCUT2D eigenvalue weighted by Gasteiger charge is -2.21. The average Bonchev–Trinajstić information content (AvgIpc) is 2.75. The first-order chi connectivity index (χ1) is 14.8. The van der Waals surface area contributed by atoms with Gasteiger partial charge in [-0.1, -0.05) is 38.4 Å². The van der Waals surface area contributed by atoms with Crippen molar-refractivity contribution in [3.8, 4) is 11.1 Å². The third-order valence-electron chi connectivity index (χ3n) is 5.27. The molecule has 0 aliphatic carbocycles. The zero-order chi connectivity index (χ0) is 22.7. The first-order valence-electron chi connectivity index (χ1n) is 10.4. The predicted molar refractivity (Wildman–Crippen MR) is 122 cm³/mol. The second-order valence-electron chi connectivity index (χ2n) is 7.26. The number of carbonyl (C=O) groups excluding carboxylic acids is 2. The number of nitrogens with two attached hydrogens (primary N) is 1. The first-order valence-corrected chi connectivity index (χ1v) is 10.7. The van der Waals surface area contributed by atoms with Gasteiger partial charge in [0, 0.05) is 28.6 Å². The first kappa shape index (κ1) is 22.7. The molecule has 0 spiro atoms. The Morgan fingerprint density at radius 2 is 1.84 bits per heavy atom. The zero-order valence-corrected chi connectivity index (χ0v) is 18.6. The Labute approximate surface area is 185 Å². The molecule has 2 aromatic carbocycles. The average molecular weight is 442 g/mol. The van der Waals surface area contributed by atoms with Crippen molar-refractivity contribution in [1.29, 1.82) is 0 Å². The van der Waals surface area contributed by atoms with Crippen LogP contribution in [0.5, 0.6) is 0 Å². The van der Waals surface area contributed by atoms with E-state index >= 15 is 0 Å². The molecular weight excluding hydrogens is 417 g/mol. The van der Waals surface area contributed by atoms with Crippen LogP contribution in [0.1, 0.15) is 59.2 Å². The molecule has 5 nitrogen and oxygen atoms in total. The monoisotopic (exact) mass is 441 g/mol. The van der Waals surface area contributed by atoms with Crippen molar-refractivity contribution in [2.75, 3.05) is 6.54 Å². The third-order valence-corrected chi connectivity index (χ3v) is 5.63. The highest BCUT2D eigenvalue weighted by atomic mass is 35.5. The Kier molecular flexibility index (Phi) is 6.91. The molecule has 0 aliphatic heterocycles. The van der Waals surface area contributed by atoms with E-state index in [0.29, 0.717) is 40.9 Å². The largest absolute Gasteiger partial charge is 0.366 e. The lowest BCUT2D eigenvalue weighted by molar-refractivity contribution is 0.0949. The number of fused-ring (bicyclic) bond motifs is 1. The summed E-state index contributed by atoms with van der Waals surface area (Å²) < 4.78 is 13.9. The Morgan fingerprint density at radius 3 is 2.45 bits per heavy atom. The minimum atomic E-state index is -0.720. The minimum absolute atomic E-state index is 0.0343. The zero-order valence-electron chi connectivity index (χ0n) is 17.8. The molecule has 2 amide bonds. The second kappa shape index (κ2) is 9.43. The van der Waals surface area contributed by atoms with Gasteiger partial charge >= 0.3 is 0 Å². The van der Waals surface area contributed by atoms with Gasteiger partial charge < -0.3 is 11.1 Å². The van der Waals surface area contributed by atoms with E-state index in [1.165, 1.54) is 18.2 Å². The maximum atomic E-state index is 13.9. The highest BCUT2D eigenvalue weighted by Crippen LogP contribution is 2.39. The number of rotatable bonds is 7. The number of hydrogen-bond acceptors (Lipinski definition) is 3. The van der Waals surface area contributed by atoms with Gasteiger partial charge in [0.1, 0.15) is 11.5 Å². The van der Waals surface area contributed by atoms with Gasteiger partial charge in [0.25, 0.3) is 5.91 Å². The van der Waals surface area contributed by atoms with Crippen LogP contribution in [0.2, 0.25) is 5.02 Å². The molecule has 0 saturated carbocycles. The molecule has 0 fully saturated rings. The third kappa shape index (κ3) is 4.26. The van der Waals surface area contributed by atoms with Crippen LogP contribution >= 0.6 is 11.6 Å². The lowest BCUT2D eigenvalue weighted by atomic mass is 9.86. The van der Waals surface area contributed by atoms with Crippen molar-refractivity contribution in [2.45, 2.75) is 40.0 Å². The molecule has 1 aromatic heterocycles. The summed E-state index contributed by atoms with van der Waals surface area (Å²) in [6.45, 7) is 6.30. The normalized spacial score (nSPS) is 11.0. The molecule has 0 aliphatic rings. The smallest absolute Gasteiger partial charge is 0.270 e. The van der Waals surface area contributed by atoms with Crippen molar-refractivity contribution in [3.63, 3.8) is 0 Å². The summed E-state index contributed by atoms with van der Waals surface area (Å²) in [6.07, 6.45) is 1.95. The van der Waals surface area contributed by atoms with E-state index in [9.17, 15) is 14.0 Å². The summed E-state index contributed by atoms with van der Waals surface area (Å²) in [7, 11) is 0. The molecule has 0 unspecified atom stereocenters. The second-order valence-corrected chi connectivity index (χ2v) is 7.67. The number of primary amides is 1. The number of nitrogens with one attached hydrogen (secondary N) is 1. The van der Waals surface area contributed by atoms with Crippen molar-refractivity contribution < 1.29 is 14.0 Å². The number of aromatic nitrogens is 1. The SMILES string of the molecule is CCCNC(=O)c1nc2cc(F)ccc2c(C(N)=O)c1-c1c(CC)ccc(Cl)c1CC. The fraction of sp³-hybridized carbons (Fsp3) is 0.292. The number of pyridine rings is 1.